The number of benzene rings is 1. The third kappa shape index (κ3) is 4.22. The summed E-state index contributed by atoms with van der Waals surface area (Å²) >= 11 is 4.15. The highest BCUT2D eigenvalue weighted by Crippen LogP contribution is 2.44. The van der Waals surface area contributed by atoms with Gasteiger partial charge in [-0.15, -0.1) is 12.6 Å². The average molecular weight is 417 g/mol. The molecule has 2 aromatic heterocycles. The molecule has 0 radical (unpaired) electrons. The number of aromatic nitrogens is 2. The third-order valence-corrected chi connectivity index (χ3v) is 5.23. The van der Waals surface area contributed by atoms with E-state index in [4.69, 9.17) is 0 Å². The predicted molar refractivity (Wildman–Crippen MR) is 106 cm³/mol. The fourth-order valence-corrected chi connectivity index (χ4v) is 3.41. The molecule has 0 aliphatic heterocycles. The van der Waals surface area contributed by atoms with Crippen LogP contribution in [-0.4, -0.2) is 15.9 Å². The van der Waals surface area contributed by atoms with Crippen LogP contribution in [0.4, 0.5) is 13.2 Å². The molecule has 0 atom stereocenters. The molecule has 1 aromatic carbocycles. The zero-order chi connectivity index (χ0) is 20.8. The molecule has 0 unspecified atom stereocenters. The Bertz CT molecular complexity index is 1090. The second-order valence-electron chi connectivity index (χ2n) is 7.25. The SMILES string of the molecule is Cc1cc(C(=O)NCc2ccc(S)cn2)nc2c(C(F)(F)F)cc(C3CC3)cc12. The molecule has 29 heavy (non-hydrogen) atoms. The van der Waals surface area contributed by atoms with Gasteiger partial charge < -0.3 is 5.32 Å². The molecule has 0 saturated heterocycles. The summed E-state index contributed by atoms with van der Waals surface area (Å²) in [6.07, 6.45) is -1.19. The lowest BCUT2D eigenvalue weighted by Crippen LogP contribution is -2.24. The molecule has 2 heterocycles. The quantitative estimate of drug-likeness (QED) is 0.584. The second-order valence-corrected chi connectivity index (χ2v) is 7.77. The molecule has 150 valence electrons. The molecular weight excluding hydrogens is 399 g/mol. The molecule has 1 aliphatic rings. The minimum Gasteiger partial charge on any atom is -0.345 e. The zero-order valence-corrected chi connectivity index (χ0v) is 16.4. The Kier molecular flexibility index (Phi) is 4.98. The fourth-order valence-electron chi connectivity index (χ4n) is 3.28. The molecule has 1 aliphatic carbocycles. The molecule has 1 saturated carbocycles. The van der Waals surface area contributed by atoms with Gasteiger partial charge in [0.1, 0.15) is 5.69 Å². The standard InChI is InChI=1S/C21H18F3N3OS/c1-11-6-18(20(28)26-9-14-4-5-15(29)10-25-14)27-19-16(11)7-13(12-2-3-12)8-17(19)21(22,23)24/h4-8,10,12,29H,2-3,9H2,1H3,(H,26,28). The maximum absolute atomic E-state index is 13.7. The fraction of sp³-hybridized carbons (Fsp3) is 0.286. The highest BCUT2D eigenvalue weighted by Gasteiger charge is 2.36. The van der Waals surface area contributed by atoms with Crippen molar-refractivity contribution in [1.82, 2.24) is 15.3 Å². The van der Waals surface area contributed by atoms with Gasteiger partial charge >= 0.3 is 6.18 Å². The van der Waals surface area contributed by atoms with Crippen molar-refractivity contribution in [2.45, 2.75) is 43.3 Å². The first-order chi connectivity index (χ1) is 13.7. The normalized spacial score (nSPS) is 14.2. The van der Waals surface area contributed by atoms with Crippen molar-refractivity contribution in [3.63, 3.8) is 0 Å². The van der Waals surface area contributed by atoms with Gasteiger partial charge in [-0.2, -0.15) is 13.2 Å². The Morgan fingerprint density at radius 3 is 2.62 bits per heavy atom. The first-order valence-electron chi connectivity index (χ1n) is 9.17. The minimum absolute atomic E-state index is 0.0505. The van der Waals surface area contributed by atoms with E-state index in [0.29, 0.717) is 27.1 Å². The summed E-state index contributed by atoms with van der Waals surface area (Å²) in [5.74, 6) is -0.370. The van der Waals surface area contributed by atoms with Crippen LogP contribution in [0.1, 0.15) is 51.6 Å². The molecule has 4 rings (SSSR count). The van der Waals surface area contributed by atoms with Crippen molar-refractivity contribution >= 4 is 29.4 Å². The summed E-state index contributed by atoms with van der Waals surface area (Å²) in [6, 6.07) is 7.93. The first-order valence-corrected chi connectivity index (χ1v) is 9.61. The van der Waals surface area contributed by atoms with Crippen LogP contribution in [-0.2, 0) is 12.7 Å². The van der Waals surface area contributed by atoms with E-state index < -0.39 is 17.6 Å². The lowest BCUT2D eigenvalue weighted by Gasteiger charge is -2.15. The summed E-state index contributed by atoms with van der Waals surface area (Å²) in [6.45, 7) is 1.84. The molecule has 3 aromatic rings. The van der Waals surface area contributed by atoms with E-state index in [-0.39, 0.29) is 23.7 Å². The van der Waals surface area contributed by atoms with Crippen LogP contribution in [0.2, 0.25) is 0 Å². The van der Waals surface area contributed by atoms with E-state index in [0.717, 1.165) is 12.8 Å². The number of aryl methyl sites for hydroxylation is 1. The summed E-state index contributed by atoms with van der Waals surface area (Å²) in [7, 11) is 0. The lowest BCUT2D eigenvalue weighted by molar-refractivity contribution is -0.136. The average Bonchev–Trinajstić information content (AvgIpc) is 3.51. The predicted octanol–water partition coefficient (Wildman–Crippen LogP) is 5.05. The van der Waals surface area contributed by atoms with Gasteiger partial charge in [-0.25, -0.2) is 4.98 Å². The van der Waals surface area contributed by atoms with E-state index in [2.05, 4.69) is 27.9 Å². The number of thiol groups is 1. The van der Waals surface area contributed by atoms with Crippen LogP contribution in [0.3, 0.4) is 0 Å². The van der Waals surface area contributed by atoms with Crippen molar-refractivity contribution in [1.29, 1.82) is 0 Å². The van der Waals surface area contributed by atoms with Gasteiger partial charge in [-0.3, -0.25) is 9.78 Å². The van der Waals surface area contributed by atoms with Gasteiger partial charge in [0.25, 0.3) is 5.91 Å². The Hall–Kier alpha value is -2.61. The third-order valence-electron chi connectivity index (χ3n) is 4.97. The number of alkyl halides is 3. The molecule has 1 fully saturated rings. The van der Waals surface area contributed by atoms with Gasteiger partial charge in [-0.1, -0.05) is 0 Å². The monoisotopic (exact) mass is 417 g/mol. The molecule has 1 amide bonds. The summed E-state index contributed by atoms with van der Waals surface area (Å²) < 4.78 is 41.1. The van der Waals surface area contributed by atoms with Crippen LogP contribution in [0.15, 0.2) is 41.4 Å². The highest BCUT2D eigenvalue weighted by molar-refractivity contribution is 7.80. The number of halogens is 3. The molecule has 8 heteroatoms. The Morgan fingerprint density at radius 2 is 2.00 bits per heavy atom. The number of nitrogens with one attached hydrogen (secondary N) is 1. The van der Waals surface area contributed by atoms with Crippen LogP contribution >= 0.6 is 12.6 Å². The number of carbonyl (C=O) groups is 1. The Morgan fingerprint density at radius 1 is 1.24 bits per heavy atom. The number of nitrogens with zero attached hydrogens (tertiary/aromatic N) is 2. The number of carbonyl (C=O) groups excluding carboxylic acids is 1. The summed E-state index contributed by atoms with van der Waals surface area (Å²) in [5, 5.41) is 3.09. The first kappa shape index (κ1) is 19.7. The van der Waals surface area contributed by atoms with Gasteiger partial charge in [0, 0.05) is 16.5 Å². The number of hydrogen-bond acceptors (Lipinski definition) is 4. The number of amides is 1. The second kappa shape index (κ2) is 7.33. The highest BCUT2D eigenvalue weighted by atomic mass is 32.1. The van der Waals surface area contributed by atoms with Crippen molar-refractivity contribution < 1.29 is 18.0 Å². The Labute approximate surface area is 171 Å². The van der Waals surface area contributed by atoms with E-state index >= 15 is 0 Å². The van der Waals surface area contributed by atoms with Crippen LogP contribution in [0.25, 0.3) is 10.9 Å². The largest absolute Gasteiger partial charge is 0.418 e. The molecule has 0 bridgehead atoms. The van der Waals surface area contributed by atoms with Crippen LogP contribution < -0.4 is 5.32 Å². The number of hydrogen-bond donors (Lipinski definition) is 2. The van der Waals surface area contributed by atoms with Crippen LogP contribution in [0, 0.1) is 6.92 Å². The van der Waals surface area contributed by atoms with E-state index in [1.54, 1.807) is 31.3 Å². The number of rotatable bonds is 4. The van der Waals surface area contributed by atoms with E-state index in [9.17, 15) is 18.0 Å². The van der Waals surface area contributed by atoms with Gasteiger partial charge in [0.2, 0.25) is 0 Å². The summed E-state index contributed by atoms with van der Waals surface area (Å²) in [4.78, 5) is 21.4. The smallest absolute Gasteiger partial charge is 0.345 e. The van der Waals surface area contributed by atoms with Crippen LogP contribution in [0.5, 0.6) is 0 Å². The number of fused-ring (bicyclic) bond motifs is 1. The topological polar surface area (TPSA) is 54.9 Å². The molecular formula is C21H18F3N3OS. The maximum Gasteiger partial charge on any atom is 0.418 e. The van der Waals surface area contributed by atoms with E-state index in [1.807, 2.05) is 0 Å². The maximum atomic E-state index is 13.7. The Balaban J connectivity index is 1.69. The van der Waals surface area contributed by atoms with Crippen molar-refractivity contribution in [3.8, 4) is 0 Å². The zero-order valence-electron chi connectivity index (χ0n) is 15.5. The lowest BCUT2D eigenvalue weighted by atomic mass is 9.98. The van der Waals surface area contributed by atoms with Crippen molar-refractivity contribution in [2.75, 3.05) is 0 Å². The van der Waals surface area contributed by atoms with Gasteiger partial charge in [0.15, 0.2) is 0 Å². The minimum atomic E-state index is -4.55. The molecule has 1 N–H and O–H groups in total. The molecule has 0 spiro atoms. The van der Waals surface area contributed by atoms with Crippen molar-refractivity contribution in [2.24, 2.45) is 0 Å². The number of pyridine rings is 2. The van der Waals surface area contributed by atoms with Gasteiger partial charge in [0.05, 0.1) is 23.3 Å². The van der Waals surface area contributed by atoms with Gasteiger partial charge in [-0.05, 0) is 67.1 Å². The van der Waals surface area contributed by atoms with E-state index in [1.165, 1.54) is 12.1 Å². The molecule has 4 nitrogen and oxygen atoms in total. The summed E-state index contributed by atoms with van der Waals surface area (Å²) in [5.41, 5.74) is 0.853. The van der Waals surface area contributed by atoms with Crippen molar-refractivity contribution in [3.05, 3.63) is 64.6 Å².